The van der Waals surface area contributed by atoms with Crippen molar-refractivity contribution in [2.24, 2.45) is 5.73 Å². The van der Waals surface area contributed by atoms with Crippen molar-refractivity contribution in [1.29, 1.82) is 0 Å². The van der Waals surface area contributed by atoms with E-state index in [1.807, 2.05) is 6.26 Å². The number of hydrogen-bond acceptors (Lipinski definition) is 5. The molecule has 1 rings (SSSR count). The summed E-state index contributed by atoms with van der Waals surface area (Å²) >= 11 is 1.60. The fourth-order valence-corrected chi connectivity index (χ4v) is 1.37. The second kappa shape index (κ2) is 8.82. The van der Waals surface area contributed by atoms with Crippen LogP contribution in [-0.2, 0) is 14.4 Å². The van der Waals surface area contributed by atoms with Crippen LogP contribution in [0.4, 0.5) is 0 Å². The van der Waals surface area contributed by atoms with Gasteiger partial charge in [-0.1, -0.05) is 0 Å². The number of nitrogens with one attached hydrogen (secondary N) is 2. The Morgan fingerprint density at radius 2 is 1.88 bits per heavy atom. The molecule has 8 heteroatoms. The summed E-state index contributed by atoms with van der Waals surface area (Å²) in [6.07, 6.45) is 2.48. The van der Waals surface area contributed by atoms with Crippen LogP contribution in [0.15, 0.2) is 0 Å². The first-order valence-corrected chi connectivity index (χ1v) is 6.41. The number of aliphatic carboxylic acids is 1. The van der Waals surface area contributed by atoms with Gasteiger partial charge in [0.2, 0.25) is 0 Å². The van der Waals surface area contributed by atoms with Crippen molar-refractivity contribution in [2.75, 3.05) is 25.1 Å². The third-order valence-corrected chi connectivity index (χ3v) is 2.50. The number of thioether (sulfide) groups is 1. The molecule has 0 spiro atoms. The number of hydrogen-bond donors (Lipinski definition) is 4. The highest BCUT2D eigenvalue weighted by atomic mass is 32.2. The minimum Gasteiger partial charge on any atom is -0.480 e. The maximum absolute atomic E-state index is 10.3. The fourth-order valence-electron chi connectivity index (χ4n) is 0.881. The number of nitrogens with two attached hydrogens (primary N) is 1. The van der Waals surface area contributed by atoms with Crippen LogP contribution >= 0.6 is 11.8 Å². The smallest absolute Gasteiger partial charge is 0.320 e. The summed E-state index contributed by atoms with van der Waals surface area (Å²) in [7, 11) is 0. The number of carboxylic acid groups (broad SMARTS) is 1. The summed E-state index contributed by atoms with van der Waals surface area (Å²) in [5, 5.41) is 13.0. The molecule has 17 heavy (non-hydrogen) atoms. The van der Waals surface area contributed by atoms with Crippen LogP contribution in [0.5, 0.6) is 0 Å². The summed E-state index contributed by atoms with van der Waals surface area (Å²) in [4.78, 5) is 30.6. The minimum atomic E-state index is -0.913. The molecule has 0 unspecified atom stereocenters. The van der Waals surface area contributed by atoms with Crippen LogP contribution in [0, 0.1) is 0 Å². The van der Waals surface area contributed by atoms with Crippen LogP contribution in [0.2, 0.25) is 0 Å². The maximum Gasteiger partial charge on any atom is 0.320 e. The van der Waals surface area contributed by atoms with Gasteiger partial charge in [-0.15, -0.1) is 0 Å². The van der Waals surface area contributed by atoms with Gasteiger partial charge in [-0.2, -0.15) is 11.8 Å². The predicted molar refractivity (Wildman–Crippen MR) is 64.6 cm³/mol. The first kappa shape index (κ1) is 15.7. The fraction of sp³-hybridized carbons (Fsp3) is 0.667. The number of rotatable bonds is 4. The molecule has 1 heterocycles. The highest BCUT2D eigenvalue weighted by Crippen LogP contribution is 1.97. The van der Waals surface area contributed by atoms with E-state index in [-0.39, 0.29) is 0 Å². The van der Waals surface area contributed by atoms with E-state index in [9.17, 15) is 14.4 Å². The summed E-state index contributed by atoms with van der Waals surface area (Å²) in [5.41, 5.74) is 5.19. The molecular weight excluding hydrogens is 246 g/mol. The second-order valence-electron chi connectivity index (χ2n) is 3.24. The lowest BCUT2D eigenvalue weighted by Crippen LogP contribution is -2.49. The zero-order valence-corrected chi connectivity index (χ0v) is 10.4. The molecule has 0 aliphatic carbocycles. The number of amides is 2. The van der Waals surface area contributed by atoms with E-state index >= 15 is 0 Å². The molecule has 0 aromatic heterocycles. The van der Waals surface area contributed by atoms with Gasteiger partial charge in [-0.25, -0.2) is 0 Å². The van der Waals surface area contributed by atoms with E-state index in [1.54, 1.807) is 11.8 Å². The largest absolute Gasteiger partial charge is 0.480 e. The molecular formula is C9H17N3O4S. The Morgan fingerprint density at radius 3 is 2.18 bits per heavy atom. The van der Waals surface area contributed by atoms with Crippen LogP contribution < -0.4 is 16.4 Å². The zero-order valence-electron chi connectivity index (χ0n) is 9.56. The Kier molecular flexibility index (Phi) is 8.16. The molecule has 5 N–H and O–H groups in total. The Morgan fingerprint density at radius 1 is 1.41 bits per heavy atom. The number of carbonyl (C=O) groups excluding carboxylic acids is 2. The van der Waals surface area contributed by atoms with Crippen molar-refractivity contribution in [3.8, 4) is 0 Å². The topological polar surface area (TPSA) is 122 Å². The molecule has 0 radical (unpaired) electrons. The molecule has 98 valence electrons. The Hall–Kier alpha value is -1.28. The highest BCUT2D eigenvalue weighted by Gasteiger charge is 2.15. The van der Waals surface area contributed by atoms with E-state index in [2.05, 4.69) is 10.6 Å². The molecule has 0 aromatic rings. The molecule has 0 saturated carbocycles. The van der Waals surface area contributed by atoms with Gasteiger partial charge in [0.05, 0.1) is 0 Å². The van der Waals surface area contributed by atoms with Crippen molar-refractivity contribution in [1.82, 2.24) is 10.6 Å². The molecule has 1 aliphatic rings. The van der Waals surface area contributed by atoms with Crippen LogP contribution in [-0.4, -0.2) is 54.0 Å². The van der Waals surface area contributed by atoms with Gasteiger partial charge in [-0.05, 0) is 18.4 Å². The monoisotopic (exact) mass is 263 g/mol. The first-order chi connectivity index (χ1) is 7.99. The van der Waals surface area contributed by atoms with Crippen molar-refractivity contribution in [3.05, 3.63) is 0 Å². The van der Waals surface area contributed by atoms with Gasteiger partial charge in [-0.3, -0.25) is 14.4 Å². The van der Waals surface area contributed by atoms with Crippen molar-refractivity contribution in [2.45, 2.75) is 12.5 Å². The first-order valence-electron chi connectivity index (χ1n) is 5.02. The SMILES string of the molecule is CSCC[C@H](N)C(=O)O.O=C1NCCNC1=O. The summed E-state index contributed by atoms with van der Waals surface area (Å²) in [5.74, 6) is -1.16. The minimum absolute atomic E-state index is 0.531. The standard InChI is InChI=1S/C5H11NO2S.C4H6N2O2/c1-9-3-2-4(6)5(7)8;7-3-4(8)6-2-1-5-3/h4H,2-3,6H2,1H3,(H,7,8);1-2H2,(H,5,7)(H,6,8)/t4-;/m0./s1. The number of carbonyl (C=O) groups is 3. The molecule has 7 nitrogen and oxygen atoms in total. The molecule has 1 aliphatic heterocycles. The quantitative estimate of drug-likeness (QED) is 0.452. The summed E-state index contributed by atoms with van der Waals surface area (Å²) in [6, 6.07) is -0.683. The zero-order chi connectivity index (χ0) is 13.3. The normalized spacial score (nSPS) is 16.1. The molecule has 1 atom stereocenters. The lowest BCUT2D eigenvalue weighted by molar-refractivity contribution is -0.140. The molecule has 0 bridgehead atoms. The van der Waals surface area contributed by atoms with Gasteiger partial charge in [0.15, 0.2) is 0 Å². The van der Waals surface area contributed by atoms with E-state index in [0.717, 1.165) is 5.75 Å². The van der Waals surface area contributed by atoms with Crippen molar-refractivity contribution < 1.29 is 19.5 Å². The average Bonchev–Trinajstić information content (AvgIpc) is 2.30. The van der Waals surface area contributed by atoms with E-state index in [4.69, 9.17) is 10.8 Å². The van der Waals surface area contributed by atoms with Crippen LogP contribution in [0.3, 0.4) is 0 Å². The van der Waals surface area contributed by atoms with Gasteiger partial charge >= 0.3 is 17.8 Å². The summed E-state index contributed by atoms with van der Waals surface area (Å²) < 4.78 is 0. The van der Waals surface area contributed by atoms with Crippen molar-refractivity contribution in [3.63, 3.8) is 0 Å². The average molecular weight is 263 g/mol. The third kappa shape index (κ3) is 7.58. The van der Waals surface area contributed by atoms with E-state index in [1.165, 1.54) is 0 Å². The van der Waals surface area contributed by atoms with E-state index < -0.39 is 23.8 Å². The molecule has 1 saturated heterocycles. The Labute approximate surface area is 104 Å². The lowest BCUT2D eigenvalue weighted by Gasteiger charge is -2.10. The van der Waals surface area contributed by atoms with Crippen LogP contribution in [0.1, 0.15) is 6.42 Å². The van der Waals surface area contributed by atoms with Crippen molar-refractivity contribution >= 4 is 29.5 Å². The predicted octanol–water partition coefficient (Wildman–Crippen LogP) is -1.62. The van der Waals surface area contributed by atoms with Crippen LogP contribution in [0.25, 0.3) is 0 Å². The second-order valence-corrected chi connectivity index (χ2v) is 4.22. The van der Waals surface area contributed by atoms with E-state index in [0.29, 0.717) is 19.5 Å². The Bertz CT molecular complexity index is 269. The van der Waals surface area contributed by atoms with Gasteiger partial charge in [0, 0.05) is 13.1 Å². The number of piperazine rings is 1. The van der Waals surface area contributed by atoms with Gasteiger partial charge in [0.25, 0.3) is 0 Å². The van der Waals surface area contributed by atoms with Gasteiger partial charge in [0.1, 0.15) is 6.04 Å². The maximum atomic E-state index is 10.3. The third-order valence-electron chi connectivity index (χ3n) is 1.85. The summed E-state index contributed by atoms with van der Waals surface area (Å²) in [6.45, 7) is 1.09. The molecule has 2 amide bonds. The van der Waals surface area contributed by atoms with Gasteiger partial charge < -0.3 is 21.5 Å². The molecule has 0 aromatic carbocycles. The lowest BCUT2D eigenvalue weighted by atomic mass is 10.2. The Balaban J connectivity index is 0.000000302. The number of carboxylic acids is 1. The molecule has 1 fully saturated rings. The highest BCUT2D eigenvalue weighted by molar-refractivity contribution is 7.98.